The molecule has 9 nitrogen and oxygen atoms in total. The van der Waals surface area contributed by atoms with Crippen molar-refractivity contribution in [2.75, 3.05) is 57.8 Å². The number of nitrogens with zero attached hydrogens (tertiary/aromatic N) is 5. The molecule has 2 fully saturated rings. The van der Waals surface area contributed by atoms with Crippen molar-refractivity contribution in [1.29, 1.82) is 0 Å². The van der Waals surface area contributed by atoms with E-state index in [1.165, 1.54) is 6.07 Å². The molecule has 2 atom stereocenters. The highest BCUT2D eigenvalue weighted by molar-refractivity contribution is 6.35. The van der Waals surface area contributed by atoms with Gasteiger partial charge in [-0.05, 0) is 53.3 Å². The van der Waals surface area contributed by atoms with Crippen LogP contribution in [0, 0.1) is 12.7 Å². The number of hydrogen-bond acceptors (Lipinski definition) is 7. The summed E-state index contributed by atoms with van der Waals surface area (Å²) in [5, 5.41) is 0.103. The molecule has 4 heterocycles. The van der Waals surface area contributed by atoms with Crippen molar-refractivity contribution in [3.05, 3.63) is 40.2 Å². The van der Waals surface area contributed by atoms with Crippen molar-refractivity contribution in [2.24, 2.45) is 0 Å². The number of likely N-dealkylation sites (N-methyl/N-ethyl adjacent to an activating group) is 1. The predicted octanol–water partition coefficient (Wildman–Crippen LogP) is 4.44. The summed E-state index contributed by atoms with van der Waals surface area (Å²) in [6, 6.07) is 4.46. The Labute approximate surface area is 239 Å². The average Bonchev–Trinajstić information content (AvgIpc) is 3.01. The molecule has 0 unspecified atom stereocenters. The van der Waals surface area contributed by atoms with Crippen LogP contribution in [0.25, 0.3) is 11.3 Å². The molecule has 1 aromatic heterocycles. The minimum Gasteiger partial charge on any atom is -0.489 e. The van der Waals surface area contributed by atoms with E-state index in [-0.39, 0.29) is 52.7 Å². The molecule has 2 aromatic rings. The molecule has 0 saturated carbocycles. The predicted molar refractivity (Wildman–Crippen MR) is 152 cm³/mol. The number of aryl methyl sites for hydroxylation is 1. The minimum absolute atomic E-state index is 0.0435. The third kappa shape index (κ3) is 5.31. The van der Waals surface area contributed by atoms with E-state index < -0.39 is 23.6 Å². The van der Waals surface area contributed by atoms with E-state index in [2.05, 4.69) is 23.8 Å². The second kappa shape index (κ2) is 10.7. The maximum absolute atomic E-state index is 15.2. The smallest absolute Gasteiger partial charge is 0.410 e. The zero-order chi connectivity index (χ0) is 28.9. The normalized spacial score (nSPS) is 21.9. The van der Waals surface area contributed by atoms with Crippen LogP contribution in [0.4, 0.5) is 15.0 Å². The number of rotatable bonds is 2. The first-order valence-electron chi connectivity index (χ1n) is 13.7. The minimum atomic E-state index is -0.630. The number of amides is 2. The molecule has 1 aromatic carbocycles. The molecule has 2 amide bonds. The third-order valence-electron chi connectivity index (χ3n) is 7.67. The summed E-state index contributed by atoms with van der Waals surface area (Å²) in [6.45, 7) is 12.6. The number of anilines is 1. The molecule has 40 heavy (non-hydrogen) atoms. The lowest BCUT2D eigenvalue weighted by atomic mass is 10.0. The molecule has 0 radical (unpaired) electrons. The number of aromatic nitrogens is 1. The highest BCUT2D eigenvalue weighted by atomic mass is 35.5. The largest absolute Gasteiger partial charge is 0.489 e. The van der Waals surface area contributed by atoms with E-state index in [4.69, 9.17) is 26.1 Å². The first kappa shape index (κ1) is 28.4. The summed E-state index contributed by atoms with van der Waals surface area (Å²) < 4.78 is 27.1. The second-order valence-electron chi connectivity index (χ2n) is 11.9. The third-order valence-corrected chi connectivity index (χ3v) is 8.02. The highest BCUT2D eigenvalue weighted by Gasteiger charge is 2.42. The first-order chi connectivity index (χ1) is 18.9. The molecular formula is C29H37ClFN5O4. The van der Waals surface area contributed by atoms with Crippen molar-refractivity contribution in [3.63, 3.8) is 0 Å². The Bertz CT molecular complexity index is 1310. The zero-order valence-electron chi connectivity index (χ0n) is 24.0. The molecule has 3 aliphatic rings. The van der Waals surface area contributed by atoms with E-state index in [0.717, 1.165) is 13.1 Å². The van der Waals surface area contributed by atoms with Gasteiger partial charge in [0.05, 0.1) is 11.7 Å². The summed E-state index contributed by atoms with van der Waals surface area (Å²) in [7, 11) is 2.06. The van der Waals surface area contributed by atoms with Crippen molar-refractivity contribution >= 4 is 29.4 Å². The maximum atomic E-state index is 15.2. The Kier molecular flexibility index (Phi) is 7.60. The van der Waals surface area contributed by atoms with Gasteiger partial charge in [-0.1, -0.05) is 23.7 Å². The van der Waals surface area contributed by atoms with Crippen LogP contribution in [0.5, 0.6) is 5.75 Å². The average molecular weight is 574 g/mol. The van der Waals surface area contributed by atoms with Crippen LogP contribution in [-0.2, 0) is 4.74 Å². The molecule has 0 spiro atoms. The molecule has 0 aliphatic carbocycles. The van der Waals surface area contributed by atoms with Crippen LogP contribution in [0.1, 0.15) is 43.6 Å². The zero-order valence-corrected chi connectivity index (χ0v) is 24.7. The van der Waals surface area contributed by atoms with Crippen LogP contribution in [0.2, 0.25) is 5.02 Å². The Morgan fingerprint density at radius 2 is 1.85 bits per heavy atom. The lowest BCUT2D eigenvalue weighted by Crippen LogP contribution is -2.58. The fraction of sp³-hybridized carbons (Fsp3) is 0.552. The summed E-state index contributed by atoms with van der Waals surface area (Å²) in [5.41, 5.74) is 0.867. The van der Waals surface area contributed by atoms with Crippen molar-refractivity contribution in [3.8, 4) is 17.0 Å². The van der Waals surface area contributed by atoms with Gasteiger partial charge in [0.1, 0.15) is 34.4 Å². The molecule has 0 N–H and O–H groups in total. The Morgan fingerprint density at radius 3 is 2.52 bits per heavy atom. The van der Waals surface area contributed by atoms with Gasteiger partial charge in [0.15, 0.2) is 5.75 Å². The van der Waals surface area contributed by atoms with Gasteiger partial charge in [-0.15, -0.1) is 0 Å². The molecule has 216 valence electrons. The number of fused-ring (bicyclic) bond motifs is 2. The van der Waals surface area contributed by atoms with Gasteiger partial charge in [0.25, 0.3) is 5.91 Å². The lowest BCUT2D eigenvalue weighted by molar-refractivity contribution is 0.000952. The molecule has 5 rings (SSSR count). The second-order valence-corrected chi connectivity index (χ2v) is 12.3. The van der Waals surface area contributed by atoms with Gasteiger partial charge in [0.2, 0.25) is 0 Å². The van der Waals surface area contributed by atoms with Gasteiger partial charge in [-0.3, -0.25) is 4.79 Å². The number of carbonyl (C=O) groups is 2. The topological polar surface area (TPSA) is 78.5 Å². The van der Waals surface area contributed by atoms with Crippen LogP contribution in [-0.4, -0.2) is 102 Å². The van der Waals surface area contributed by atoms with Crippen LogP contribution < -0.4 is 9.64 Å². The number of hydrogen-bond donors (Lipinski definition) is 0. The van der Waals surface area contributed by atoms with Crippen molar-refractivity contribution in [1.82, 2.24) is 19.7 Å². The number of halogens is 2. The van der Waals surface area contributed by atoms with Crippen LogP contribution in [0.3, 0.4) is 0 Å². The molecule has 2 saturated heterocycles. The standard InChI is InChI=1S/C29H37ClFN5O4/c1-17-8-7-9-20(31)21(17)24-23(30)25-22(26(32-24)35-12-10-33(6)14-18(35)2)27(37)36-13-11-34(15-19(36)16-39-25)28(38)40-29(3,4)5/h7-9,18-19H,10-16H2,1-6H3/t18-,19+/m0/s1. The van der Waals surface area contributed by atoms with Gasteiger partial charge in [0, 0.05) is 50.9 Å². The quantitative estimate of drug-likeness (QED) is 0.525. The van der Waals surface area contributed by atoms with Gasteiger partial charge >= 0.3 is 6.09 Å². The van der Waals surface area contributed by atoms with Crippen LogP contribution >= 0.6 is 11.6 Å². The number of ether oxygens (including phenoxy) is 2. The molecule has 0 bridgehead atoms. The lowest BCUT2D eigenvalue weighted by Gasteiger charge is -2.41. The van der Waals surface area contributed by atoms with E-state index in [1.807, 2.05) is 20.8 Å². The number of pyridine rings is 1. The number of carbonyl (C=O) groups excluding carboxylic acids is 2. The SMILES string of the molecule is Cc1cccc(F)c1-c1nc(N2CCN(C)C[C@@H]2C)c2c(c1Cl)OC[C@H]1CN(C(=O)OC(C)(C)C)CCN1C2=O. The van der Waals surface area contributed by atoms with E-state index in [9.17, 15) is 9.59 Å². The van der Waals surface area contributed by atoms with Gasteiger partial charge in [-0.2, -0.15) is 0 Å². The van der Waals surface area contributed by atoms with E-state index in [0.29, 0.717) is 31.0 Å². The Morgan fingerprint density at radius 1 is 1.12 bits per heavy atom. The fourth-order valence-electron chi connectivity index (χ4n) is 5.70. The summed E-state index contributed by atoms with van der Waals surface area (Å²) >= 11 is 6.93. The Balaban J connectivity index is 1.59. The molecule has 3 aliphatic heterocycles. The first-order valence-corrected chi connectivity index (χ1v) is 14.1. The van der Waals surface area contributed by atoms with Crippen molar-refractivity contribution < 1.29 is 23.5 Å². The van der Waals surface area contributed by atoms with Crippen LogP contribution in [0.15, 0.2) is 18.2 Å². The van der Waals surface area contributed by atoms with Gasteiger partial charge in [-0.25, -0.2) is 14.2 Å². The highest BCUT2D eigenvalue weighted by Crippen LogP contribution is 2.45. The maximum Gasteiger partial charge on any atom is 0.410 e. The monoisotopic (exact) mass is 573 g/mol. The van der Waals surface area contributed by atoms with E-state index >= 15 is 4.39 Å². The Hall–Kier alpha value is -3.11. The summed E-state index contributed by atoms with van der Waals surface area (Å²) in [5.74, 6) is -0.0534. The van der Waals surface area contributed by atoms with Gasteiger partial charge < -0.3 is 29.1 Å². The van der Waals surface area contributed by atoms with Crippen molar-refractivity contribution in [2.45, 2.75) is 52.3 Å². The van der Waals surface area contributed by atoms with E-state index in [1.54, 1.807) is 28.9 Å². The number of piperazine rings is 2. The molecule has 11 heteroatoms. The fourth-order valence-corrected chi connectivity index (χ4v) is 5.98. The molecular weight excluding hydrogens is 537 g/mol. The summed E-state index contributed by atoms with van der Waals surface area (Å²) in [6.07, 6.45) is -0.426. The number of benzene rings is 1. The summed E-state index contributed by atoms with van der Waals surface area (Å²) in [4.78, 5) is 39.6.